The molecule has 25 heavy (non-hydrogen) atoms. The second kappa shape index (κ2) is 12.3. The van der Waals surface area contributed by atoms with Gasteiger partial charge in [0.2, 0.25) is 0 Å². The summed E-state index contributed by atoms with van der Waals surface area (Å²) < 4.78 is 0. The molecule has 0 spiro atoms. The van der Waals surface area contributed by atoms with E-state index >= 15 is 0 Å². The van der Waals surface area contributed by atoms with Crippen LogP contribution in [0, 0.1) is 11.8 Å². The Morgan fingerprint density at radius 1 is 1.00 bits per heavy atom. The first-order valence-electron chi connectivity index (χ1n) is 8.07. The fraction of sp³-hybridized carbons (Fsp3) is 0.476. The predicted molar refractivity (Wildman–Crippen MR) is 114 cm³/mol. The van der Waals surface area contributed by atoms with Crippen molar-refractivity contribution in [1.82, 2.24) is 0 Å². The third kappa shape index (κ3) is 9.36. The van der Waals surface area contributed by atoms with Crippen molar-refractivity contribution >= 4 is 30.4 Å². The fourth-order valence-corrected chi connectivity index (χ4v) is 2.74. The third-order valence-corrected chi connectivity index (χ3v) is 3.71. The van der Waals surface area contributed by atoms with Gasteiger partial charge >= 0.3 is 21.7 Å². The molecule has 1 aliphatic carbocycles. The van der Waals surface area contributed by atoms with Gasteiger partial charge in [-0.2, -0.15) is 17.5 Å². The van der Waals surface area contributed by atoms with E-state index in [1.807, 2.05) is 20.8 Å². The van der Waals surface area contributed by atoms with E-state index in [1.54, 1.807) is 0 Å². The maximum absolute atomic E-state index is 6.94. The van der Waals surface area contributed by atoms with Gasteiger partial charge in [-0.3, -0.25) is 0 Å². The molecular formula is C21H33Cl2NTi. The smallest absolute Gasteiger partial charge is 0.673 e. The molecule has 1 nitrogen and oxygen atoms in total. The van der Waals surface area contributed by atoms with E-state index in [-0.39, 0.29) is 52.1 Å². The van der Waals surface area contributed by atoms with Crippen molar-refractivity contribution in [1.29, 1.82) is 0 Å². The maximum Gasteiger partial charge on any atom is 2.00 e. The summed E-state index contributed by atoms with van der Waals surface area (Å²) in [6.07, 6.45) is 2.37. The van der Waals surface area contributed by atoms with Crippen LogP contribution in [0.3, 0.4) is 0 Å². The van der Waals surface area contributed by atoms with E-state index in [2.05, 4.69) is 65.0 Å². The number of allylic oxidation sites excluding steroid dienone is 4. The Kier molecular flexibility index (Phi) is 14.5. The summed E-state index contributed by atoms with van der Waals surface area (Å²) in [7, 11) is 0. The first-order chi connectivity index (χ1) is 10.0. The number of nitrogens with one attached hydrogen (secondary N) is 1. The number of rotatable bonds is 2. The molecule has 1 atom stereocenters. The summed E-state index contributed by atoms with van der Waals surface area (Å²) in [5.41, 5.74) is 13.9. The van der Waals surface area contributed by atoms with Gasteiger partial charge in [-0.15, -0.1) is 48.0 Å². The van der Waals surface area contributed by atoms with Crippen LogP contribution in [-0.2, 0) is 21.7 Å². The van der Waals surface area contributed by atoms with E-state index < -0.39 is 0 Å². The monoisotopic (exact) mass is 417 g/mol. The third-order valence-electron chi connectivity index (χ3n) is 3.71. The molecule has 1 aromatic carbocycles. The second-order valence-corrected chi connectivity index (χ2v) is 7.47. The zero-order valence-electron chi connectivity index (χ0n) is 16.8. The number of benzene rings is 1. The molecule has 0 aromatic heterocycles. The Labute approximate surface area is 182 Å². The summed E-state index contributed by atoms with van der Waals surface area (Å²) in [5, 5.41) is 0. The molecule has 0 heterocycles. The van der Waals surface area contributed by atoms with Crippen LogP contribution >= 0.6 is 24.8 Å². The van der Waals surface area contributed by atoms with Gasteiger partial charge < -0.3 is 5.73 Å². The van der Waals surface area contributed by atoms with Gasteiger partial charge in [0.15, 0.2) is 0 Å². The quantitative estimate of drug-likeness (QED) is 0.347. The topological polar surface area (TPSA) is 23.8 Å². The van der Waals surface area contributed by atoms with Gasteiger partial charge in [0.1, 0.15) is 0 Å². The number of hydrogen-bond donors (Lipinski definition) is 0. The van der Waals surface area contributed by atoms with E-state index in [1.165, 1.54) is 33.8 Å². The van der Waals surface area contributed by atoms with Crippen molar-refractivity contribution in [2.45, 2.75) is 60.9 Å². The molecule has 1 N–H and O–H groups in total. The van der Waals surface area contributed by atoms with Crippen LogP contribution in [0.15, 0.2) is 41.5 Å². The molecule has 1 aromatic rings. The minimum atomic E-state index is -0.250. The van der Waals surface area contributed by atoms with Crippen LogP contribution in [0.4, 0.5) is 0 Å². The van der Waals surface area contributed by atoms with Crippen molar-refractivity contribution in [3.8, 4) is 0 Å². The van der Waals surface area contributed by atoms with Crippen LogP contribution < -0.4 is 0 Å². The van der Waals surface area contributed by atoms with Gasteiger partial charge in [-0.1, -0.05) is 70.4 Å². The number of halogens is 2. The molecule has 0 saturated carbocycles. The average molecular weight is 418 g/mol. The first-order valence-corrected chi connectivity index (χ1v) is 8.07. The predicted octanol–water partition coefficient (Wildman–Crippen LogP) is 7.70. The van der Waals surface area contributed by atoms with Gasteiger partial charge in [-0.05, 0) is 19.8 Å². The molecule has 2 rings (SSSR count). The Morgan fingerprint density at radius 3 is 1.80 bits per heavy atom. The normalized spacial score (nSPS) is 15.7. The average Bonchev–Trinajstić information content (AvgIpc) is 2.61. The van der Waals surface area contributed by atoms with Crippen molar-refractivity contribution in [2.75, 3.05) is 0 Å². The molecular weight excluding hydrogens is 385 g/mol. The van der Waals surface area contributed by atoms with Crippen LogP contribution in [0.2, 0.25) is 0 Å². The summed E-state index contributed by atoms with van der Waals surface area (Å²) in [6, 6.07) is 8.75. The molecule has 140 valence electrons. The summed E-state index contributed by atoms with van der Waals surface area (Å²) in [6.45, 7) is 16.7. The van der Waals surface area contributed by atoms with Crippen molar-refractivity contribution in [2.24, 2.45) is 5.92 Å². The van der Waals surface area contributed by atoms with Crippen LogP contribution in [-0.4, -0.2) is 5.54 Å². The zero-order valence-corrected chi connectivity index (χ0v) is 20.0. The fourth-order valence-electron chi connectivity index (χ4n) is 2.74. The van der Waals surface area contributed by atoms with Crippen molar-refractivity contribution < 1.29 is 21.7 Å². The molecule has 0 fully saturated rings. The molecule has 0 radical (unpaired) electrons. The Morgan fingerprint density at radius 2 is 1.44 bits per heavy atom. The molecule has 1 aliphatic rings. The Balaban J connectivity index is -0.000000539. The second-order valence-electron chi connectivity index (χ2n) is 7.47. The van der Waals surface area contributed by atoms with Crippen molar-refractivity contribution in [3.63, 3.8) is 0 Å². The molecule has 0 saturated heterocycles. The van der Waals surface area contributed by atoms with E-state index in [9.17, 15) is 0 Å². The summed E-state index contributed by atoms with van der Waals surface area (Å²) in [5.74, 6) is 1.92. The molecule has 0 bridgehead atoms. The van der Waals surface area contributed by atoms with Gasteiger partial charge in [0.05, 0.1) is 0 Å². The summed E-state index contributed by atoms with van der Waals surface area (Å²) in [4.78, 5) is 0. The largest absolute Gasteiger partial charge is 2.00 e. The first kappa shape index (κ1) is 29.6. The standard InChI is InChI=1S/C17H21.C4H10N.2ClH.Ti/c1-11(2)15-8-6-7-9-16(15)17-13(4)10-12(3)14(17)5;1-4(2,3)5;;;/h6-10,13H,1-5H3;5H,1-3H3;2*1H;/q2*-1;;;+2. The summed E-state index contributed by atoms with van der Waals surface area (Å²) >= 11 is 0. The van der Waals surface area contributed by atoms with Crippen LogP contribution in [0.1, 0.15) is 66.5 Å². The maximum atomic E-state index is 6.94. The molecule has 4 heteroatoms. The molecule has 0 amide bonds. The Bertz CT molecular complexity index is 578. The van der Waals surface area contributed by atoms with E-state index in [0.29, 0.717) is 5.92 Å². The van der Waals surface area contributed by atoms with Crippen LogP contribution in [0.25, 0.3) is 11.3 Å². The van der Waals surface area contributed by atoms with E-state index in [0.717, 1.165) is 0 Å². The SMILES string of the molecule is CC(C)(C)[NH-].CC1=CC(C)C(c2ccccc2[C-](C)C)=C1C.Cl.Cl.[Ti+2]. The number of hydrogen-bond acceptors (Lipinski definition) is 0. The van der Waals surface area contributed by atoms with Gasteiger partial charge in [0.25, 0.3) is 0 Å². The van der Waals surface area contributed by atoms with Crippen LogP contribution in [0.5, 0.6) is 0 Å². The zero-order chi connectivity index (χ0) is 17.1. The van der Waals surface area contributed by atoms with Crippen molar-refractivity contribution in [3.05, 3.63) is 64.3 Å². The molecule has 0 aliphatic heterocycles. The van der Waals surface area contributed by atoms with Gasteiger partial charge in [0, 0.05) is 0 Å². The molecule has 1 unspecified atom stereocenters. The van der Waals surface area contributed by atoms with Gasteiger partial charge in [-0.25, -0.2) is 0 Å². The minimum Gasteiger partial charge on any atom is -0.673 e. The van der Waals surface area contributed by atoms with E-state index in [4.69, 9.17) is 5.73 Å². The minimum absolute atomic E-state index is 0. The Hall–Kier alpha value is -0.176.